The Bertz CT molecular complexity index is 1790. The minimum absolute atomic E-state index is 0.694. The van der Waals surface area contributed by atoms with E-state index in [9.17, 15) is 0 Å². The van der Waals surface area contributed by atoms with E-state index in [-0.39, 0.29) is 0 Å². The lowest BCUT2D eigenvalue weighted by Gasteiger charge is -2.29. The first-order valence-electron chi connectivity index (χ1n) is 16.3. The molecule has 1 N–H and O–H groups in total. The normalized spacial score (nSPS) is 12.2. The van der Waals surface area contributed by atoms with Gasteiger partial charge in [0.1, 0.15) is 0 Å². The summed E-state index contributed by atoms with van der Waals surface area (Å²) in [6, 6.07) is 58.3. The van der Waals surface area contributed by atoms with Gasteiger partial charge in [0.25, 0.3) is 0 Å². The van der Waals surface area contributed by atoms with Crippen LogP contribution in [0.2, 0.25) is 0 Å². The molecule has 6 aromatic carbocycles. The highest BCUT2D eigenvalue weighted by atomic mass is 15.5. The summed E-state index contributed by atoms with van der Waals surface area (Å²) in [6.45, 7) is 0.694. The quantitative estimate of drug-likeness (QED) is 0.159. The maximum absolute atomic E-state index is 3.67. The Balaban J connectivity index is 1.25. The molecule has 6 aromatic rings. The molecule has 3 heteroatoms. The molecule has 0 saturated heterocycles. The fourth-order valence-corrected chi connectivity index (χ4v) is 6.38. The second-order valence-corrected chi connectivity index (χ2v) is 11.8. The van der Waals surface area contributed by atoms with Crippen molar-refractivity contribution in [2.75, 3.05) is 9.91 Å². The van der Waals surface area contributed by atoms with Gasteiger partial charge < -0.3 is 4.90 Å². The predicted molar refractivity (Wildman–Crippen MR) is 193 cm³/mol. The SMILES string of the molecule is C(=C(c1ccccc1)c1ccccc1)N(c1ccc(CNN(c2ccccc2)c2ccccc2)cc1)c1cccc2c1CCCC2. The first-order chi connectivity index (χ1) is 22.8. The molecule has 0 atom stereocenters. The fourth-order valence-electron chi connectivity index (χ4n) is 6.38. The highest BCUT2D eigenvalue weighted by Crippen LogP contribution is 2.37. The van der Waals surface area contributed by atoms with Crippen molar-refractivity contribution >= 4 is 28.3 Å². The van der Waals surface area contributed by atoms with Gasteiger partial charge in [-0.05, 0) is 96.0 Å². The van der Waals surface area contributed by atoms with Crippen LogP contribution >= 0.6 is 0 Å². The zero-order valence-corrected chi connectivity index (χ0v) is 26.1. The number of rotatable bonds is 10. The van der Waals surface area contributed by atoms with Crippen LogP contribution in [-0.4, -0.2) is 0 Å². The molecule has 0 aliphatic heterocycles. The Morgan fingerprint density at radius 2 is 1.07 bits per heavy atom. The Kier molecular flexibility index (Phi) is 9.03. The van der Waals surface area contributed by atoms with Crippen LogP contribution in [0.25, 0.3) is 5.57 Å². The average molecular weight is 598 g/mol. The van der Waals surface area contributed by atoms with Crippen LogP contribution in [0, 0.1) is 0 Å². The Hall–Kier alpha value is -5.38. The number of hydrazine groups is 1. The monoisotopic (exact) mass is 597 g/mol. The van der Waals surface area contributed by atoms with E-state index in [1.54, 1.807) is 0 Å². The zero-order valence-electron chi connectivity index (χ0n) is 26.1. The second kappa shape index (κ2) is 14.2. The standard InChI is InChI=1S/C43H39N3/c1-5-16-36(17-6-1)42(37-18-7-2-8-19-37)33-45(43-27-15-21-35-20-13-14-26-41(35)43)38-30-28-34(29-31-38)32-44-46(39-22-9-3-10-23-39)40-24-11-4-12-25-40/h1-12,15-19,21-25,27-31,33,44H,13-14,20,26,32H2. The molecule has 3 nitrogen and oxygen atoms in total. The van der Waals surface area contributed by atoms with Crippen molar-refractivity contribution in [1.29, 1.82) is 0 Å². The van der Waals surface area contributed by atoms with Crippen molar-refractivity contribution in [1.82, 2.24) is 5.43 Å². The highest BCUT2D eigenvalue weighted by Gasteiger charge is 2.19. The maximum Gasteiger partial charge on any atom is 0.0577 e. The van der Waals surface area contributed by atoms with Gasteiger partial charge in [-0.15, -0.1) is 0 Å². The van der Waals surface area contributed by atoms with Crippen molar-refractivity contribution in [2.24, 2.45) is 0 Å². The lowest BCUT2D eigenvalue weighted by molar-refractivity contribution is 0.685. The van der Waals surface area contributed by atoms with Gasteiger partial charge in [0.05, 0.1) is 11.4 Å². The number of para-hydroxylation sites is 2. The number of hydrogen-bond donors (Lipinski definition) is 1. The minimum atomic E-state index is 0.694. The summed E-state index contributed by atoms with van der Waals surface area (Å²) in [7, 11) is 0. The van der Waals surface area contributed by atoms with Gasteiger partial charge in [0.2, 0.25) is 0 Å². The molecular weight excluding hydrogens is 558 g/mol. The van der Waals surface area contributed by atoms with Crippen LogP contribution in [0.5, 0.6) is 0 Å². The van der Waals surface area contributed by atoms with Gasteiger partial charge in [0.15, 0.2) is 0 Å². The van der Waals surface area contributed by atoms with E-state index in [2.05, 4.69) is 185 Å². The Labute approximate surface area is 273 Å². The molecule has 0 saturated carbocycles. The summed E-state index contributed by atoms with van der Waals surface area (Å²) < 4.78 is 0. The number of anilines is 4. The lowest BCUT2D eigenvalue weighted by atomic mass is 9.90. The number of hydrogen-bond acceptors (Lipinski definition) is 3. The second-order valence-electron chi connectivity index (χ2n) is 11.8. The molecule has 46 heavy (non-hydrogen) atoms. The van der Waals surface area contributed by atoms with Gasteiger partial charge in [-0.1, -0.05) is 121 Å². The molecule has 0 bridgehead atoms. The zero-order chi connectivity index (χ0) is 31.0. The fraction of sp³-hybridized carbons (Fsp3) is 0.116. The van der Waals surface area contributed by atoms with E-state index in [0.29, 0.717) is 6.54 Å². The smallest absolute Gasteiger partial charge is 0.0577 e. The third kappa shape index (κ3) is 6.66. The number of nitrogens with zero attached hydrogens (tertiary/aromatic N) is 2. The first kappa shape index (κ1) is 29.3. The first-order valence-corrected chi connectivity index (χ1v) is 16.3. The van der Waals surface area contributed by atoms with E-state index in [4.69, 9.17) is 0 Å². The lowest BCUT2D eigenvalue weighted by Crippen LogP contribution is -2.33. The minimum Gasteiger partial charge on any atom is -0.316 e. The third-order valence-corrected chi connectivity index (χ3v) is 8.74. The predicted octanol–water partition coefficient (Wildman–Crippen LogP) is 10.6. The number of fused-ring (bicyclic) bond motifs is 1. The molecule has 7 rings (SSSR count). The molecule has 0 unspecified atom stereocenters. The molecular formula is C43H39N3. The summed E-state index contributed by atoms with van der Waals surface area (Å²) in [5.74, 6) is 0. The Morgan fingerprint density at radius 1 is 0.522 bits per heavy atom. The van der Waals surface area contributed by atoms with Crippen molar-refractivity contribution in [3.63, 3.8) is 0 Å². The summed E-state index contributed by atoms with van der Waals surface area (Å²) in [5.41, 5.74) is 16.1. The van der Waals surface area contributed by atoms with Gasteiger partial charge in [-0.3, -0.25) is 5.01 Å². The highest BCUT2D eigenvalue weighted by molar-refractivity contribution is 5.84. The molecule has 0 fully saturated rings. The average Bonchev–Trinajstić information content (AvgIpc) is 3.14. The van der Waals surface area contributed by atoms with Gasteiger partial charge in [-0.25, -0.2) is 5.43 Å². The number of benzene rings is 6. The molecule has 0 heterocycles. The topological polar surface area (TPSA) is 18.5 Å². The van der Waals surface area contributed by atoms with Crippen LogP contribution in [0.15, 0.2) is 170 Å². The van der Waals surface area contributed by atoms with Crippen molar-refractivity contribution in [2.45, 2.75) is 32.2 Å². The van der Waals surface area contributed by atoms with E-state index < -0.39 is 0 Å². The van der Waals surface area contributed by atoms with Crippen LogP contribution in [0.1, 0.15) is 40.7 Å². The number of aryl methyl sites for hydroxylation is 1. The van der Waals surface area contributed by atoms with Crippen LogP contribution in [0.3, 0.4) is 0 Å². The van der Waals surface area contributed by atoms with Crippen LogP contribution in [-0.2, 0) is 19.4 Å². The van der Waals surface area contributed by atoms with Gasteiger partial charge in [0, 0.05) is 29.7 Å². The molecule has 0 spiro atoms. The summed E-state index contributed by atoms with van der Waals surface area (Å²) >= 11 is 0. The van der Waals surface area contributed by atoms with Crippen molar-refractivity contribution in [3.8, 4) is 0 Å². The van der Waals surface area contributed by atoms with E-state index in [0.717, 1.165) is 29.9 Å². The molecule has 226 valence electrons. The molecule has 0 aromatic heterocycles. The van der Waals surface area contributed by atoms with Crippen LogP contribution in [0.4, 0.5) is 22.7 Å². The summed E-state index contributed by atoms with van der Waals surface area (Å²) in [4.78, 5) is 2.41. The van der Waals surface area contributed by atoms with E-state index in [1.807, 2.05) is 0 Å². The summed E-state index contributed by atoms with van der Waals surface area (Å²) in [5, 5.41) is 2.16. The molecule has 0 radical (unpaired) electrons. The van der Waals surface area contributed by atoms with Crippen molar-refractivity contribution < 1.29 is 0 Å². The largest absolute Gasteiger partial charge is 0.316 e. The summed E-state index contributed by atoms with van der Waals surface area (Å²) in [6.07, 6.45) is 7.09. The Morgan fingerprint density at radius 3 is 1.65 bits per heavy atom. The number of nitrogens with one attached hydrogen (secondary N) is 1. The van der Waals surface area contributed by atoms with Gasteiger partial charge >= 0.3 is 0 Å². The van der Waals surface area contributed by atoms with E-state index in [1.165, 1.54) is 51.9 Å². The maximum atomic E-state index is 3.67. The molecule has 1 aliphatic rings. The molecule has 1 aliphatic carbocycles. The van der Waals surface area contributed by atoms with Crippen LogP contribution < -0.4 is 15.3 Å². The van der Waals surface area contributed by atoms with Gasteiger partial charge in [-0.2, -0.15) is 0 Å². The molecule has 0 amide bonds. The van der Waals surface area contributed by atoms with Crippen molar-refractivity contribution in [3.05, 3.63) is 198 Å². The third-order valence-electron chi connectivity index (χ3n) is 8.74. The van der Waals surface area contributed by atoms with E-state index >= 15 is 0 Å².